The molecule has 102 valence electrons. The van der Waals surface area contributed by atoms with Crippen LogP contribution in [-0.4, -0.2) is 42.4 Å². The molecular formula is C16H22N2S. The third-order valence-corrected chi connectivity index (χ3v) is 5.99. The average Bonchev–Trinajstić information content (AvgIpc) is 3.05. The molecule has 0 aromatic heterocycles. The zero-order valence-corrected chi connectivity index (χ0v) is 12.2. The van der Waals surface area contributed by atoms with Gasteiger partial charge in [0.25, 0.3) is 0 Å². The number of likely N-dealkylation sites (tertiary alicyclic amines) is 1. The van der Waals surface area contributed by atoms with Crippen LogP contribution in [0, 0.1) is 0 Å². The Morgan fingerprint density at radius 2 is 2.11 bits per heavy atom. The van der Waals surface area contributed by atoms with Gasteiger partial charge in [0.1, 0.15) is 0 Å². The third-order valence-electron chi connectivity index (χ3n) is 4.73. The summed E-state index contributed by atoms with van der Waals surface area (Å²) in [6.45, 7) is 3.76. The predicted octanol–water partition coefficient (Wildman–Crippen LogP) is 2.70. The Labute approximate surface area is 119 Å². The third kappa shape index (κ3) is 2.56. The molecular weight excluding hydrogens is 252 g/mol. The van der Waals surface area contributed by atoms with E-state index in [1.807, 2.05) is 11.8 Å². The molecule has 0 spiro atoms. The number of rotatable bonds is 4. The first-order valence-electron chi connectivity index (χ1n) is 7.59. The smallest absolute Gasteiger partial charge is 0.0207 e. The fraction of sp³-hybridized carbons (Fsp3) is 0.625. The summed E-state index contributed by atoms with van der Waals surface area (Å²) in [4.78, 5) is 4.19. The summed E-state index contributed by atoms with van der Waals surface area (Å²) >= 11 is 2.02. The Bertz CT molecular complexity index is 458. The summed E-state index contributed by atoms with van der Waals surface area (Å²) in [6, 6.07) is 10.6. The lowest BCUT2D eigenvalue weighted by molar-refractivity contribution is 0.317. The molecule has 0 bridgehead atoms. The molecule has 1 saturated heterocycles. The van der Waals surface area contributed by atoms with Crippen LogP contribution in [0.2, 0.25) is 0 Å². The number of nitrogens with zero attached hydrogens (tertiary/aromatic N) is 1. The van der Waals surface area contributed by atoms with Crippen LogP contribution in [0.3, 0.4) is 0 Å². The summed E-state index contributed by atoms with van der Waals surface area (Å²) in [5.41, 5.74) is 1.57. The minimum Gasteiger partial charge on any atom is -0.312 e. The van der Waals surface area contributed by atoms with Crippen LogP contribution >= 0.6 is 11.8 Å². The van der Waals surface area contributed by atoms with Gasteiger partial charge in [-0.05, 0) is 30.9 Å². The van der Waals surface area contributed by atoms with Crippen LogP contribution < -0.4 is 5.32 Å². The van der Waals surface area contributed by atoms with E-state index in [9.17, 15) is 0 Å². The molecule has 2 atom stereocenters. The second kappa shape index (κ2) is 5.12. The van der Waals surface area contributed by atoms with Crippen molar-refractivity contribution in [2.24, 2.45) is 0 Å². The lowest BCUT2D eigenvalue weighted by Crippen LogP contribution is -2.35. The number of thioether (sulfide) groups is 1. The van der Waals surface area contributed by atoms with Gasteiger partial charge in [0.2, 0.25) is 0 Å². The van der Waals surface area contributed by atoms with Crippen molar-refractivity contribution in [1.82, 2.24) is 10.2 Å². The van der Waals surface area contributed by atoms with E-state index in [0.717, 1.165) is 24.5 Å². The number of fused-ring (bicyclic) bond motifs is 1. The fourth-order valence-electron chi connectivity index (χ4n) is 3.43. The first-order chi connectivity index (χ1) is 9.40. The largest absolute Gasteiger partial charge is 0.312 e. The van der Waals surface area contributed by atoms with Gasteiger partial charge in [0.05, 0.1) is 0 Å². The van der Waals surface area contributed by atoms with Crippen molar-refractivity contribution in [3.63, 3.8) is 0 Å². The molecule has 3 heteroatoms. The highest BCUT2D eigenvalue weighted by atomic mass is 32.2. The Balaban J connectivity index is 1.31. The zero-order chi connectivity index (χ0) is 12.7. The van der Waals surface area contributed by atoms with E-state index in [-0.39, 0.29) is 0 Å². The molecule has 2 aliphatic heterocycles. The number of nitrogens with one attached hydrogen (secondary N) is 1. The second-order valence-corrected chi connectivity index (χ2v) is 7.23. The van der Waals surface area contributed by atoms with Crippen LogP contribution in [0.25, 0.3) is 0 Å². The van der Waals surface area contributed by atoms with Gasteiger partial charge >= 0.3 is 0 Å². The van der Waals surface area contributed by atoms with Gasteiger partial charge in [0, 0.05) is 48.3 Å². The van der Waals surface area contributed by atoms with Crippen molar-refractivity contribution < 1.29 is 0 Å². The molecule has 1 saturated carbocycles. The van der Waals surface area contributed by atoms with E-state index >= 15 is 0 Å². The minimum atomic E-state index is 0.719. The van der Waals surface area contributed by atoms with Crippen molar-refractivity contribution in [2.45, 2.75) is 42.2 Å². The van der Waals surface area contributed by atoms with Gasteiger partial charge in [-0.3, -0.25) is 4.90 Å². The van der Waals surface area contributed by atoms with E-state index in [1.165, 1.54) is 43.0 Å². The van der Waals surface area contributed by atoms with E-state index in [0.29, 0.717) is 0 Å². The van der Waals surface area contributed by atoms with Crippen LogP contribution in [0.15, 0.2) is 29.2 Å². The van der Waals surface area contributed by atoms with Crippen LogP contribution in [0.4, 0.5) is 0 Å². The molecule has 1 aliphatic carbocycles. The Kier molecular flexibility index (Phi) is 3.30. The number of benzene rings is 1. The SMILES string of the molecule is c1ccc2c(c1)SCC2CNC1CCN(C2CC2)C1. The maximum atomic E-state index is 3.82. The summed E-state index contributed by atoms with van der Waals surface area (Å²) in [5.74, 6) is 1.97. The van der Waals surface area contributed by atoms with Crippen molar-refractivity contribution in [2.75, 3.05) is 25.4 Å². The second-order valence-electron chi connectivity index (χ2n) is 6.17. The van der Waals surface area contributed by atoms with Gasteiger partial charge in [-0.1, -0.05) is 18.2 Å². The van der Waals surface area contributed by atoms with Gasteiger partial charge in [-0.25, -0.2) is 0 Å². The molecule has 2 fully saturated rings. The van der Waals surface area contributed by atoms with Gasteiger partial charge < -0.3 is 5.32 Å². The molecule has 2 unspecified atom stereocenters. The van der Waals surface area contributed by atoms with Crippen molar-refractivity contribution in [3.05, 3.63) is 29.8 Å². The highest BCUT2D eigenvalue weighted by molar-refractivity contribution is 7.99. The van der Waals surface area contributed by atoms with Crippen LogP contribution in [0.1, 0.15) is 30.7 Å². The lowest BCUT2D eigenvalue weighted by atomic mass is 10.0. The summed E-state index contributed by atoms with van der Waals surface area (Å²) in [5, 5.41) is 3.82. The summed E-state index contributed by atoms with van der Waals surface area (Å²) < 4.78 is 0. The standard InChI is InChI=1S/C16H22N2S/c1-2-4-16-15(3-1)12(11-19-16)9-17-13-7-8-18(10-13)14-5-6-14/h1-4,12-14,17H,5-11H2. The molecule has 1 aromatic rings. The Hall–Kier alpha value is -0.510. The summed E-state index contributed by atoms with van der Waals surface area (Å²) in [7, 11) is 0. The average molecular weight is 274 g/mol. The Morgan fingerprint density at radius 3 is 3.00 bits per heavy atom. The van der Waals surface area contributed by atoms with Crippen molar-refractivity contribution >= 4 is 11.8 Å². The molecule has 2 heterocycles. The molecule has 4 rings (SSSR count). The van der Waals surface area contributed by atoms with Crippen LogP contribution in [0.5, 0.6) is 0 Å². The molecule has 1 aromatic carbocycles. The van der Waals surface area contributed by atoms with E-state index < -0.39 is 0 Å². The van der Waals surface area contributed by atoms with Crippen molar-refractivity contribution in [1.29, 1.82) is 0 Å². The monoisotopic (exact) mass is 274 g/mol. The lowest BCUT2D eigenvalue weighted by Gasteiger charge is -2.18. The normalized spacial score (nSPS) is 30.7. The van der Waals surface area contributed by atoms with E-state index in [1.54, 1.807) is 5.56 Å². The van der Waals surface area contributed by atoms with Gasteiger partial charge in [-0.2, -0.15) is 0 Å². The maximum absolute atomic E-state index is 3.82. The number of hydrogen-bond acceptors (Lipinski definition) is 3. The highest BCUT2D eigenvalue weighted by Crippen LogP contribution is 2.39. The molecule has 1 N–H and O–H groups in total. The molecule has 3 aliphatic rings. The minimum absolute atomic E-state index is 0.719. The van der Waals surface area contributed by atoms with Crippen molar-refractivity contribution in [3.8, 4) is 0 Å². The predicted molar refractivity (Wildman–Crippen MR) is 80.9 cm³/mol. The van der Waals surface area contributed by atoms with Gasteiger partial charge in [-0.15, -0.1) is 11.8 Å². The van der Waals surface area contributed by atoms with Gasteiger partial charge in [0.15, 0.2) is 0 Å². The molecule has 0 radical (unpaired) electrons. The highest BCUT2D eigenvalue weighted by Gasteiger charge is 2.34. The first-order valence-corrected chi connectivity index (χ1v) is 8.58. The maximum Gasteiger partial charge on any atom is 0.0207 e. The summed E-state index contributed by atoms with van der Waals surface area (Å²) in [6.07, 6.45) is 4.23. The fourth-order valence-corrected chi connectivity index (χ4v) is 4.69. The first kappa shape index (κ1) is 12.2. The van der Waals surface area contributed by atoms with E-state index in [4.69, 9.17) is 0 Å². The Morgan fingerprint density at radius 1 is 1.21 bits per heavy atom. The molecule has 0 amide bonds. The molecule has 2 nitrogen and oxygen atoms in total. The zero-order valence-electron chi connectivity index (χ0n) is 11.3. The molecule has 19 heavy (non-hydrogen) atoms. The quantitative estimate of drug-likeness (QED) is 0.909. The topological polar surface area (TPSA) is 15.3 Å². The van der Waals surface area contributed by atoms with E-state index in [2.05, 4.69) is 34.5 Å². The number of hydrogen-bond donors (Lipinski definition) is 1. The van der Waals surface area contributed by atoms with Crippen LogP contribution in [-0.2, 0) is 0 Å².